The van der Waals surface area contributed by atoms with E-state index in [0.717, 1.165) is 6.42 Å². The summed E-state index contributed by atoms with van der Waals surface area (Å²) in [6.07, 6.45) is 17.1. The molecule has 0 saturated heterocycles. The molecule has 0 amide bonds. The van der Waals surface area contributed by atoms with E-state index in [1.807, 2.05) is 19.1 Å². The topological polar surface area (TPSA) is 98.0 Å². The average Bonchev–Trinajstić information content (AvgIpc) is 2.56. The van der Waals surface area contributed by atoms with Gasteiger partial charge in [-0.2, -0.15) is 0 Å². The Labute approximate surface area is 150 Å². The summed E-state index contributed by atoms with van der Waals surface area (Å²) in [5.74, 6) is -0.857. The van der Waals surface area contributed by atoms with Crippen molar-refractivity contribution in [3.8, 4) is 0 Å². The zero-order valence-electron chi connectivity index (χ0n) is 14.7. The monoisotopic (exact) mass is 350 g/mol. The van der Waals surface area contributed by atoms with Crippen LogP contribution in [-0.2, 0) is 4.79 Å². The largest absolute Gasteiger partial charge is 0.481 e. The molecule has 3 unspecified atom stereocenters. The van der Waals surface area contributed by atoms with Gasteiger partial charge < -0.3 is 20.4 Å². The number of allylic oxidation sites excluding steroid dienone is 7. The second kappa shape index (κ2) is 15.6. The zero-order valence-corrected chi connectivity index (χ0v) is 14.7. The molecule has 0 aliphatic carbocycles. The van der Waals surface area contributed by atoms with E-state index < -0.39 is 24.3 Å². The SMILES string of the molecule is CCC=CCC(O)C(O)C=CC=CC=CC=CC(O)CCCC(=O)O. The van der Waals surface area contributed by atoms with Crippen LogP contribution in [0, 0.1) is 0 Å². The molecule has 0 heterocycles. The van der Waals surface area contributed by atoms with Crippen molar-refractivity contribution in [2.24, 2.45) is 0 Å². The summed E-state index contributed by atoms with van der Waals surface area (Å²) < 4.78 is 0. The summed E-state index contributed by atoms with van der Waals surface area (Å²) in [5.41, 5.74) is 0. The van der Waals surface area contributed by atoms with Gasteiger partial charge in [0.2, 0.25) is 0 Å². The summed E-state index contributed by atoms with van der Waals surface area (Å²) in [4.78, 5) is 10.3. The third-order valence-electron chi connectivity index (χ3n) is 3.26. The Bertz CT molecular complexity index is 488. The third-order valence-corrected chi connectivity index (χ3v) is 3.26. The maximum absolute atomic E-state index is 10.3. The highest BCUT2D eigenvalue weighted by Crippen LogP contribution is 2.03. The number of hydrogen-bond donors (Lipinski definition) is 4. The fourth-order valence-corrected chi connectivity index (χ4v) is 1.86. The lowest BCUT2D eigenvalue weighted by Gasteiger charge is -2.11. The van der Waals surface area contributed by atoms with Crippen molar-refractivity contribution in [1.29, 1.82) is 0 Å². The minimum Gasteiger partial charge on any atom is -0.481 e. The molecule has 5 heteroatoms. The molecule has 0 aromatic carbocycles. The fourth-order valence-electron chi connectivity index (χ4n) is 1.86. The fraction of sp³-hybridized carbons (Fsp3) is 0.450. The second-order valence-corrected chi connectivity index (χ2v) is 5.57. The van der Waals surface area contributed by atoms with Gasteiger partial charge in [-0.3, -0.25) is 4.79 Å². The van der Waals surface area contributed by atoms with Crippen molar-refractivity contribution >= 4 is 5.97 Å². The predicted octanol–water partition coefficient (Wildman–Crippen LogP) is 2.91. The van der Waals surface area contributed by atoms with Gasteiger partial charge in [-0.25, -0.2) is 0 Å². The van der Waals surface area contributed by atoms with Crippen molar-refractivity contribution in [3.63, 3.8) is 0 Å². The van der Waals surface area contributed by atoms with Crippen LogP contribution in [0.5, 0.6) is 0 Å². The minimum absolute atomic E-state index is 0.0608. The van der Waals surface area contributed by atoms with Crippen molar-refractivity contribution in [2.75, 3.05) is 0 Å². The number of aliphatic carboxylic acids is 1. The molecule has 0 bridgehead atoms. The Morgan fingerprint density at radius 1 is 0.920 bits per heavy atom. The van der Waals surface area contributed by atoms with E-state index in [0.29, 0.717) is 19.3 Å². The van der Waals surface area contributed by atoms with E-state index in [1.54, 1.807) is 42.5 Å². The Balaban J connectivity index is 4.01. The molecule has 0 spiro atoms. The molecule has 5 nitrogen and oxygen atoms in total. The molecule has 0 aromatic rings. The highest BCUT2D eigenvalue weighted by atomic mass is 16.4. The number of aliphatic hydroxyl groups is 3. The number of carbonyl (C=O) groups is 1. The van der Waals surface area contributed by atoms with Gasteiger partial charge in [0.05, 0.1) is 18.3 Å². The van der Waals surface area contributed by atoms with Gasteiger partial charge in [-0.05, 0) is 25.7 Å². The number of rotatable bonds is 13. The lowest BCUT2D eigenvalue weighted by atomic mass is 10.1. The first-order valence-corrected chi connectivity index (χ1v) is 8.56. The first kappa shape index (κ1) is 23.1. The van der Waals surface area contributed by atoms with Crippen LogP contribution in [0.1, 0.15) is 39.0 Å². The Kier molecular flexibility index (Phi) is 14.4. The molecule has 25 heavy (non-hydrogen) atoms. The highest BCUT2D eigenvalue weighted by Gasteiger charge is 2.10. The van der Waals surface area contributed by atoms with Gasteiger partial charge in [-0.1, -0.05) is 67.7 Å². The van der Waals surface area contributed by atoms with Crippen molar-refractivity contribution in [3.05, 3.63) is 60.8 Å². The van der Waals surface area contributed by atoms with Crippen molar-refractivity contribution < 1.29 is 25.2 Å². The van der Waals surface area contributed by atoms with E-state index in [9.17, 15) is 20.1 Å². The van der Waals surface area contributed by atoms with Crippen LogP contribution < -0.4 is 0 Å². The minimum atomic E-state index is -0.906. The zero-order chi connectivity index (χ0) is 18.9. The smallest absolute Gasteiger partial charge is 0.303 e. The molecule has 0 fully saturated rings. The molecule has 140 valence electrons. The lowest BCUT2D eigenvalue weighted by Crippen LogP contribution is -2.22. The Morgan fingerprint density at radius 2 is 1.52 bits per heavy atom. The van der Waals surface area contributed by atoms with Crippen LogP contribution in [0.3, 0.4) is 0 Å². The predicted molar refractivity (Wildman–Crippen MR) is 100 cm³/mol. The summed E-state index contributed by atoms with van der Waals surface area (Å²) in [7, 11) is 0. The quantitative estimate of drug-likeness (QED) is 0.302. The lowest BCUT2D eigenvalue weighted by molar-refractivity contribution is -0.137. The van der Waals surface area contributed by atoms with Crippen LogP contribution in [-0.4, -0.2) is 44.7 Å². The summed E-state index contributed by atoms with van der Waals surface area (Å²) >= 11 is 0. The molecular weight excluding hydrogens is 320 g/mol. The molecule has 0 aromatic heterocycles. The molecular formula is C20H30O5. The molecule has 0 aliphatic rings. The van der Waals surface area contributed by atoms with E-state index in [2.05, 4.69) is 0 Å². The highest BCUT2D eigenvalue weighted by molar-refractivity contribution is 5.66. The summed E-state index contributed by atoms with van der Waals surface area (Å²) in [5, 5.41) is 37.5. The maximum atomic E-state index is 10.3. The summed E-state index contributed by atoms with van der Waals surface area (Å²) in [6, 6.07) is 0. The van der Waals surface area contributed by atoms with Gasteiger partial charge in [0.1, 0.15) is 0 Å². The van der Waals surface area contributed by atoms with E-state index in [-0.39, 0.29) is 6.42 Å². The van der Waals surface area contributed by atoms with Gasteiger partial charge in [0.15, 0.2) is 0 Å². The molecule has 0 radical (unpaired) electrons. The Morgan fingerprint density at radius 3 is 2.12 bits per heavy atom. The van der Waals surface area contributed by atoms with Crippen LogP contribution in [0.15, 0.2) is 60.8 Å². The number of aliphatic hydroxyl groups excluding tert-OH is 3. The van der Waals surface area contributed by atoms with E-state index in [1.165, 1.54) is 6.08 Å². The summed E-state index contributed by atoms with van der Waals surface area (Å²) in [6.45, 7) is 2.01. The Hall–Kier alpha value is -1.95. The maximum Gasteiger partial charge on any atom is 0.303 e. The van der Waals surface area contributed by atoms with E-state index in [4.69, 9.17) is 5.11 Å². The molecule has 0 saturated carbocycles. The first-order valence-electron chi connectivity index (χ1n) is 8.56. The van der Waals surface area contributed by atoms with Crippen LogP contribution in [0.2, 0.25) is 0 Å². The van der Waals surface area contributed by atoms with Crippen LogP contribution in [0.4, 0.5) is 0 Å². The molecule has 0 rings (SSSR count). The van der Waals surface area contributed by atoms with Crippen LogP contribution in [0.25, 0.3) is 0 Å². The first-order chi connectivity index (χ1) is 12.0. The van der Waals surface area contributed by atoms with Crippen molar-refractivity contribution in [1.82, 2.24) is 0 Å². The molecule has 4 N–H and O–H groups in total. The number of carboxylic acid groups (broad SMARTS) is 1. The average molecular weight is 350 g/mol. The van der Waals surface area contributed by atoms with Gasteiger partial charge in [0, 0.05) is 6.42 Å². The number of hydrogen-bond acceptors (Lipinski definition) is 4. The third kappa shape index (κ3) is 15.3. The normalized spacial score (nSPS) is 16.6. The number of carboxylic acids is 1. The van der Waals surface area contributed by atoms with Gasteiger partial charge in [-0.15, -0.1) is 0 Å². The standard InChI is InChI=1S/C20H30O5/c1-2-3-8-14-18(22)19(23)15-10-7-5-4-6-9-12-17(21)13-11-16-20(24)25/h3-10,12,15,17-19,21-23H,2,11,13-14,16H2,1H3,(H,24,25). The second-order valence-electron chi connectivity index (χ2n) is 5.57. The van der Waals surface area contributed by atoms with Crippen LogP contribution >= 0.6 is 0 Å². The van der Waals surface area contributed by atoms with Gasteiger partial charge in [0.25, 0.3) is 0 Å². The van der Waals surface area contributed by atoms with Crippen molar-refractivity contribution in [2.45, 2.75) is 57.3 Å². The van der Waals surface area contributed by atoms with Gasteiger partial charge >= 0.3 is 5.97 Å². The van der Waals surface area contributed by atoms with E-state index >= 15 is 0 Å². The molecule has 0 aliphatic heterocycles. The molecule has 3 atom stereocenters.